The Hall–Kier alpha value is -1.85. The number of amides is 1. The SMILES string of the molecule is CN=C(NCCc1cc2ccccc2o1)N1CCN(CC(=O)N2CCOCC2)CC1.I. The van der Waals surface area contributed by atoms with E-state index < -0.39 is 0 Å². The predicted molar refractivity (Wildman–Crippen MR) is 132 cm³/mol. The molecule has 170 valence electrons. The molecule has 1 N–H and O–H groups in total. The number of ether oxygens (including phenoxy) is 1. The van der Waals surface area contributed by atoms with E-state index in [1.54, 1.807) is 0 Å². The maximum atomic E-state index is 12.4. The Morgan fingerprint density at radius 2 is 1.81 bits per heavy atom. The van der Waals surface area contributed by atoms with Gasteiger partial charge in [-0.3, -0.25) is 14.7 Å². The van der Waals surface area contributed by atoms with E-state index in [1.165, 1.54) is 0 Å². The number of benzene rings is 1. The van der Waals surface area contributed by atoms with Crippen LogP contribution in [0.4, 0.5) is 0 Å². The van der Waals surface area contributed by atoms with Crippen molar-refractivity contribution < 1.29 is 13.9 Å². The number of fused-ring (bicyclic) bond motifs is 1. The third-order valence-electron chi connectivity index (χ3n) is 5.74. The number of rotatable bonds is 5. The van der Waals surface area contributed by atoms with Crippen LogP contribution in [0.3, 0.4) is 0 Å². The van der Waals surface area contributed by atoms with Crippen LogP contribution in [0.1, 0.15) is 5.76 Å². The standard InChI is InChI=1S/C22H31N5O3.HI/c1-23-22(24-7-6-19-16-18-4-2-3-5-20(18)30-19)27-10-8-25(9-11-27)17-21(28)26-12-14-29-15-13-26;/h2-5,16H,6-15,17H2,1H3,(H,23,24);1H. The molecular formula is C22H32IN5O3. The van der Waals surface area contributed by atoms with Gasteiger partial charge in [0.25, 0.3) is 0 Å². The van der Waals surface area contributed by atoms with Crippen molar-refractivity contribution in [1.29, 1.82) is 0 Å². The zero-order valence-electron chi connectivity index (χ0n) is 18.1. The summed E-state index contributed by atoms with van der Waals surface area (Å²) < 4.78 is 11.2. The van der Waals surface area contributed by atoms with E-state index in [4.69, 9.17) is 9.15 Å². The second kappa shape index (κ2) is 11.7. The van der Waals surface area contributed by atoms with E-state index in [0.29, 0.717) is 32.8 Å². The lowest BCUT2D eigenvalue weighted by Crippen LogP contribution is -2.55. The van der Waals surface area contributed by atoms with Crippen LogP contribution in [0, 0.1) is 0 Å². The number of furan rings is 1. The quantitative estimate of drug-likeness (QED) is 0.353. The van der Waals surface area contributed by atoms with Gasteiger partial charge in [-0.2, -0.15) is 0 Å². The van der Waals surface area contributed by atoms with Crippen molar-refractivity contribution >= 4 is 46.8 Å². The van der Waals surface area contributed by atoms with Gasteiger partial charge in [-0.1, -0.05) is 18.2 Å². The highest BCUT2D eigenvalue weighted by molar-refractivity contribution is 14.0. The number of halogens is 1. The second-order valence-corrected chi connectivity index (χ2v) is 7.73. The molecule has 31 heavy (non-hydrogen) atoms. The molecule has 8 nitrogen and oxygen atoms in total. The minimum absolute atomic E-state index is 0. The average Bonchev–Trinajstić information content (AvgIpc) is 3.21. The Morgan fingerprint density at radius 1 is 1.06 bits per heavy atom. The number of piperazine rings is 1. The van der Waals surface area contributed by atoms with Crippen LogP contribution in [-0.2, 0) is 16.0 Å². The van der Waals surface area contributed by atoms with Gasteiger partial charge < -0.3 is 24.3 Å². The Balaban J connectivity index is 0.00000272. The summed E-state index contributed by atoms with van der Waals surface area (Å²) in [5, 5.41) is 4.59. The van der Waals surface area contributed by atoms with Crippen molar-refractivity contribution in [2.75, 3.05) is 72.6 Å². The highest BCUT2D eigenvalue weighted by Crippen LogP contribution is 2.18. The first-order valence-corrected chi connectivity index (χ1v) is 10.7. The van der Waals surface area contributed by atoms with E-state index >= 15 is 0 Å². The van der Waals surface area contributed by atoms with Crippen molar-refractivity contribution in [2.45, 2.75) is 6.42 Å². The van der Waals surface area contributed by atoms with Crippen LogP contribution >= 0.6 is 24.0 Å². The molecule has 9 heteroatoms. The van der Waals surface area contributed by atoms with E-state index in [9.17, 15) is 4.79 Å². The summed E-state index contributed by atoms with van der Waals surface area (Å²) in [6.07, 6.45) is 0.807. The zero-order valence-corrected chi connectivity index (χ0v) is 20.4. The summed E-state index contributed by atoms with van der Waals surface area (Å²) >= 11 is 0. The van der Waals surface area contributed by atoms with Crippen molar-refractivity contribution in [3.8, 4) is 0 Å². The first kappa shape index (κ1) is 23.8. The van der Waals surface area contributed by atoms with Gasteiger partial charge in [0.2, 0.25) is 5.91 Å². The fourth-order valence-corrected chi connectivity index (χ4v) is 4.01. The number of nitrogens with one attached hydrogen (secondary N) is 1. The van der Waals surface area contributed by atoms with Gasteiger partial charge in [0, 0.05) is 64.7 Å². The number of morpholine rings is 1. The molecule has 0 bridgehead atoms. The summed E-state index contributed by atoms with van der Waals surface area (Å²) in [7, 11) is 1.82. The molecule has 0 radical (unpaired) electrons. The number of nitrogens with zero attached hydrogens (tertiary/aromatic N) is 4. The Morgan fingerprint density at radius 3 is 2.52 bits per heavy atom. The number of carbonyl (C=O) groups excluding carboxylic acids is 1. The van der Waals surface area contributed by atoms with Crippen LogP contribution in [0.5, 0.6) is 0 Å². The fraction of sp³-hybridized carbons (Fsp3) is 0.545. The number of para-hydroxylation sites is 1. The molecule has 4 rings (SSSR count). The molecule has 3 heterocycles. The molecule has 2 aliphatic heterocycles. The summed E-state index contributed by atoms with van der Waals surface area (Å²) in [6, 6.07) is 10.2. The van der Waals surface area contributed by atoms with E-state index in [0.717, 1.165) is 61.8 Å². The summed E-state index contributed by atoms with van der Waals surface area (Å²) in [5.74, 6) is 2.09. The third kappa shape index (κ3) is 6.33. The lowest BCUT2D eigenvalue weighted by molar-refractivity contribution is -0.136. The van der Waals surface area contributed by atoms with Gasteiger partial charge in [-0.05, 0) is 12.1 Å². The maximum absolute atomic E-state index is 12.4. The third-order valence-corrected chi connectivity index (χ3v) is 5.74. The van der Waals surface area contributed by atoms with Gasteiger partial charge in [0.05, 0.1) is 19.8 Å². The fourth-order valence-electron chi connectivity index (χ4n) is 4.01. The van der Waals surface area contributed by atoms with Crippen LogP contribution in [0.15, 0.2) is 39.7 Å². The topological polar surface area (TPSA) is 73.6 Å². The molecule has 0 atom stereocenters. The van der Waals surface area contributed by atoms with Crippen LogP contribution in [-0.4, -0.2) is 99.2 Å². The zero-order chi connectivity index (χ0) is 20.8. The number of hydrogen-bond donors (Lipinski definition) is 1. The summed E-state index contributed by atoms with van der Waals surface area (Å²) in [6.45, 7) is 7.42. The molecule has 1 aromatic carbocycles. The normalized spacial score (nSPS) is 18.2. The van der Waals surface area contributed by atoms with Gasteiger partial charge in [-0.15, -0.1) is 24.0 Å². The molecule has 2 fully saturated rings. The van der Waals surface area contributed by atoms with Crippen molar-refractivity contribution in [3.63, 3.8) is 0 Å². The number of aliphatic imine (C=N–C) groups is 1. The van der Waals surface area contributed by atoms with Gasteiger partial charge >= 0.3 is 0 Å². The predicted octanol–water partition coefficient (Wildman–Crippen LogP) is 1.65. The van der Waals surface area contributed by atoms with E-state index in [-0.39, 0.29) is 29.9 Å². The Kier molecular flexibility index (Phi) is 8.97. The first-order valence-electron chi connectivity index (χ1n) is 10.7. The lowest BCUT2D eigenvalue weighted by Gasteiger charge is -2.37. The first-order chi connectivity index (χ1) is 14.7. The van der Waals surface area contributed by atoms with Crippen LogP contribution < -0.4 is 5.32 Å². The largest absolute Gasteiger partial charge is 0.461 e. The average molecular weight is 541 g/mol. The molecular weight excluding hydrogens is 509 g/mol. The molecule has 2 aliphatic rings. The van der Waals surface area contributed by atoms with Gasteiger partial charge in [0.1, 0.15) is 11.3 Å². The van der Waals surface area contributed by atoms with E-state index in [2.05, 4.69) is 32.2 Å². The van der Waals surface area contributed by atoms with Gasteiger partial charge in [0.15, 0.2) is 5.96 Å². The van der Waals surface area contributed by atoms with Gasteiger partial charge in [-0.25, -0.2) is 0 Å². The molecule has 2 saturated heterocycles. The van der Waals surface area contributed by atoms with Crippen molar-refractivity contribution in [1.82, 2.24) is 20.0 Å². The monoisotopic (exact) mass is 541 g/mol. The Labute approximate surface area is 200 Å². The number of hydrogen-bond acceptors (Lipinski definition) is 5. The molecule has 2 aromatic rings. The smallest absolute Gasteiger partial charge is 0.236 e. The molecule has 1 amide bonds. The van der Waals surface area contributed by atoms with Crippen molar-refractivity contribution in [3.05, 3.63) is 36.1 Å². The minimum atomic E-state index is 0. The Bertz CT molecular complexity index is 840. The van der Waals surface area contributed by atoms with E-state index in [1.807, 2.05) is 30.1 Å². The second-order valence-electron chi connectivity index (χ2n) is 7.73. The number of guanidine groups is 1. The lowest BCUT2D eigenvalue weighted by atomic mass is 10.2. The highest BCUT2D eigenvalue weighted by atomic mass is 127. The molecule has 0 unspecified atom stereocenters. The summed E-state index contributed by atoms with van der Waals surface area (Å²) in [4.78, 5) is 23.3. The molecule has 0 aliphatic carbocycles. The highest BCUT2D eigenvalue weighted by Gasteiger charge is 2.24. The van der Waals surface area contributed by atoms with Crippen LogP contribution in [0.25, 0.3) is 11.0 Å². The molecule has 1 aromatic heterocycles. The number of carbonyl (C=O) groups is 1. The minimum Gasteiger partial charge on any atom is -0.461 e. The maximum Gasteiger partial charge on any atom is 0.236 e. The summed E-state index contributed by atoms with van der Waals surface area (Å²) in [5.41, 5.74) is 0.930. The van der Waals surface area contributed by atoms with Crippen LogP contribution in [0.2, 0.25) is 0 Å². The molecule has 0 saturated carbocycles. The molecule has 0 spiro atoms. The van der Waals surface area contributed by atoms with Crippen molar-refractivity contribution in [2.24, 2.45) is 4.99 Å².